The Balaban J connectivity index is 0.00000300. The van der Waals surface area contributed by atoms with Crippen molar-refractivity contribution in [3.63, 3.8) is 0 Å². The lowest BCUT2D eigenvalue weighted by Crippen LogP contribution is -2.55. The molecule has 8 nitrogen and oxygen atoms in total. The predicted octanol–water partition coefficient (Wildman–Crippen LogP) is 1.72. The van der Waals surface area contributed by atoms with Crippen molar-refractivity contribution >= 4 is 35.8 Å². The van der Waals surface area contributed by atoms with Crippen molar-refractivity contribution in [1.29, 1.82) is 0 Å². The molecule has 1 N–H and O–H groups in total. The molecular formula is C20H31IN4O4. The van der Waals surface area contributed by atoms with E-state index in [-0.39, 0.29) is 36.0 Å². The summed E-state index contributed by atoms with van der Waals surface area (Å²) in [4.78, 5) is 21.0. The van der Waals surface area contributed by atoms with Gasteiger partial charge in [0.25, 0.3) is 5.91 Å². The molecule has 0 radical (unpaired) electrons. The van der Waals surface area contributed by atoms with Crippen LogP contribution in [0.1, 0.15) is 18.4 Å². The van der Waals surface area contributed by atoms with Crippen molar-refractivity contribution in [2.24, 2.45) is 4.99 Å². The molecule has 1 aromatic carbocycles. The van der Waals surface area contributed by atoms with Gasteiger partial charge in [0.05, 0.1) is 14.2 Å². The molecule has 9 heteroatoms. The largest absolute Gasteiger partial charge is 0.493 e. The number of piperazine rings is 1. The first-order valence-corrected chi connectivity index (χ1v) is 9.73. The van der Waals surface area contributed by atoms with Crippen molar-refractivity contribution in [2.45, 2.75) is 25.5 Å². The SMILES string of the molecule is CN=C(NCc1cccc(OC)c1OC)N1CCN(C(=O)C2CCCO2)CC1.I. The molecule has 3 rings (SSSR count). The molecule has 2 fully saturated rings. The van der Waals surface area contributed by atoms with Crippen molar-refractivity contribution in [3.8, 4) is 11.5 Å². The van der Waals surface area contributed by atoms with Gasteiger partial charge >= 0.3 is 0 Å². The molecule has 0 aromatic heterocycles. The summed E-state index contributed by atoms with van der Waals surface area (Å²) in [6.45, 7) is 4.12. The van der Waals surface area contributed by atoms with Gasteiger partial charge in [0.1, 0.15) is 6.10 Å². The van der Waals surface area contributed by atoms with E-state index in [2.05, 4.69) is 15.2 Å². The second-order valence-electron chi connectivity index (χ2n) is 6.87. The first-order valence-electron chi connectivity index (χ1n) is 9.73. The van der Waals surface area contributed by atoms with Gasteiger partial charge in [-0.1, -0.05) is 12.1 Å². The topological polar surface area (TPSA) is 75.6 Å². The summed E-state index contributed by atoms with van der Waals surface area (Å²) in [5, 5.41) is 3.39. The Hall–Kier alpha value is -1.75. The molecule has 1 amide bonds. The fourth-order valence-electron chi connectivity index (χ4n) is 3.71. The molecule has 2 saturated heterocycles. The van der Waals surface area contributed by atoms with E-state index in [1.54, 1.807) is 21.3 Å². The third-order valence-electron chi connectivity index (χ3n) is 5.23. The predicted molar refractivity (Wildman–Crippen MR) is 122 cm³/mol. The van der Waals surface area contributed by atoms with Crippen molar-refractivity contribution in [1.82, 2.24) is 15.1 Å². The van der Waals surface area contributed by atoms with Crippen molar-refractivity contribution in [2.75, 3.05) is 54.1 Å². The van der Waals surface area contributed by atoms with E-state index in [0.717, 1.165) is 43.2 Å². The number of benzene rings is 1. The normalized spacial score (nSPS) is 19.6. The summed E-state index contributed by atoms with van der Waals surface area (Å²) in [6, 6.07) is 5.82. The van der Waals surface area contributed by atoms with Crippen LogP contribution in [0, 0.1) is 0 Å². The van der Waals surface area contributed by atoms with Gasteiger partial charge in [0, 0.05) is 51.9 Å². The van der Waals surface area contributed by atoms with Crippen molar-refractivity contribution in [3.05, 3.63) is 23.8 Å². The number of para-hydroxylation sites is 1. The van der Waals surface area contributed by atoms with Gasteiger partial charge in [-0.05, 0) is 18.9 Å². The third-order valence-corrected chi connectivity index (χ3v) is 5.23. The van der Waals surface area contributed by atoms with Crippen LogP contribution in [0.5, 0.6) is 11.5 Å². The summed E-state index contributed by atoms with van der Waals surface area (Å²) < 4.78 is 16.4. The zero-order chi connectivity index (χ0) is 19.9. The minimum atomic E-state index is -0.246. The summed E-state index contributed by atoms with van der Waals surface area (Å²) in [6.07, 6.45) is 1.57. The van der Waals surface area contributed by atoms with Crippen LogP contribution in [0.3, 0.4) is 0 Å². The number of hydrogen-bond donors (Lipinski definition) is 1. The van der Waals surface area contributed by atoms with Gasteiger partial charge in [-0.3, -0.25) is 9.79 Å². The molecule has 29 heavy (non-hydrogen) atoms. The maximum atomic E-state index is 12.5. The molecule has 2 aliphatic heterocycles. The number of aliphatic imine (C=N–C) groups is 1. The smallest absolute Gasteiger partial charge is 0.251 e. The first-order chi connectivity index (χ1) is 13.7. The molecule has 1 atom stereocenters. The monoisotopic (exact) mass is 518 g/mol. The quantitative estimate of drug-likeness (QED) is 0.364. The minimum Gasteiger partial charge on any atom is -0.493 e. The van der Waals surface area contributed by atoms with Gasteiger partial charge in [0.15, 0.2) is 17.5 Å². The number of carbonyl (C=O) groups excluding carboxylic acids is 1. The van der Waals surface area contributed by atoms with E-state index in [9.17, 15) is 4.79 Å². The molecule has 1 aromatic rings. The standard InChI is InChI=1S/C20H30N4O4.HI/c1-21-20(22-14-15-6-4-7-16(26-2)18(15)27-3)24-11-9-23(10-12-24)19(25)17-8-5-13-28-17;/h4,6-7,17H,5,8-14H2,1-3H3,(H,21,22);1H. The highest BCUT2D eigenvalue weighted by atomic mass is 127. The number of methoxy groups -OCH3 is 2. The fourth-order valence-corrected chi connectivity index (χ4v) is 3.71. The zero-order valence-electron chi connectivity index (χ0n) is 17.3. The van der Waals surface area contributed by atoms with E-state index in [1.165, 1.54) is 0 Å². The number of carbonyl (C=O) groups is 1. The number of amides is 1. The Morgan fingerprint density at radius 2 is 1.93 bits per heavy atom. The van der Waals surface area contributed by atoms with Crippen LogP contribution in [0.4, 0.5) is 0 Å². The van der Waals surface area contributed by atoms with Gasteiger partial charge in [-0.15, -0.1) is 24.0 Å². The molecule has 1 unspecified atom stereocenters. The van der Waals surface area contributed by atoms with Gasteiger partial charge < -0.3 is 29.3 Å². The molecule has 2 heterocycles. The molecule has 2 aliphatic rings. The average molecular weight is 518 g/mol. The van der Waals surface area contributed by atoms with Gasteiger partial charge in [0.2, 0.25) is 0 Å². The highest BCUT2D eigenvalue weighted by Gasteiger charge is 2.30. The minimum absolute atomic E-state index is 0. The van der Waals surface area contributed by atoms with Crippen LogP contribution >= 0.6 is 24.0 Å². The number of halogens is 1. The lowest BCUT2D eigenvalue weighted by atomic mass is 10.2. The number of ether oxygens (including phenoxy) is 3. The van der Waals surface area contributed by atoms with Crippen LogP contribution in [-0.2, 0) is 16.1 Å². The van der Waals surface area contributed by atoms with Crippen LogP contribution in [-0.4, -0.2) is 81.8 Å². The number of guanidine groups is 1. The van der Waals surface area contributed by atoms with E-state index in [0.29, 0.717) is 32.0 Å². The van der Waals surface area contributed by atoms with Crippen LogP contribution in [0.2, 0.25) is 0 Å². The summed E-state index contributed by atoms with van der Waals surface area (Å²) in [5.74, 6) is 2.37. The first kappa shape index (κ1) is 23.5. The van der Waals surface area contributed by atoms with E-state index in [1.807, 2.05) is 23.1 Å². The molecule has 0 saturated carbocycles. The number of nitrogens with one attached hydrogen (secondary N) is 1. The molecule has 0 aliphatic carbocycles. The molecular weight excluding hydrogens is 487 g/mol. The maximum Gasteiger partial charge on any atom is 0.251 e. The summed E-state index contributed by atoms with van der Waals surface area (Å²) >= 11 is 0. The molecule has 0 spiro atoms. The van der Waals surface area contributed by atoms with Crippen molar-refractivity contribution < 1.29 is 19.0 Å². The second kappa shape index (κ2) is 11.4. The Kier molecular flexibility index (Phi) is 9.28. The fraction of sp³-hybridized carbons (Fsp3) is 0.600. The highest BCUT2D eigenvalue weighted by molar-refractivity contribution is 14.0. The van der Waals surface area contributed by atoms with Crippen LogP contribution in [0.15, 0.2) is 23.2 Å². The number of hydrogen-bond acceptors (Lipinski definition) is 5. The van der Waals surface area contributed by atoms with Crippen LogP contribution < -0.4 is 14.8 Å². The lowest BCUT2D eigenvalue weighted by Gasteiger charge is -2.37. The van der Waals surface area contributed by atoms with Gasteiger partial charge in [-0.25, -0.2) is 0 Å². The van der Waals surface area contributed by atoms with E-state index >= 15 is 0 Å². The summed E-state index contributed by atoms with van der Waals surface area (Å²) in [5.41, 5.74) is 0.996. The average Bonchev–Trinajstić information content (AvgIpc) is 3.28. The second-order valence-corrected chi connectivity index (χ2v) is 6.87. The van der Waals surface area contributed by atoms with E-state index in [4.69, 9.17) is 14.2 Å². The Labute approximate surface area is 189 Å². The molecule has 0 bridgehead atoms. The molecule has 162 valence electrons. The Morgan fingerprint density at radius 3 is 2.52 bits per heavy atom. The van der Waals surface area contributed by atoms with Gasteiger partial charge in [-0.2, -0.15) is 0 Å². The maximum absolute atomic E-state index is 12.5. The zero-order valence-corrected chi connectivity index (χ0v) is 19.7. The van der Waals surface area contributed by atoms with E-state index < -0.39 is 0 Å². The lowest BCUT2D eigenvalue weighted by molar-refractivity contribution is -0.142. The Bertz CT molecular complexity index is 702. The number of rotatable bonds is 5. The van der Waals surface area contributed by atoms with Crippen LogP contribution in [0.25, 0.3) is 0 Å². The highest BCUT2D eigenvalue weighted by Crippen LogP contribution is 2.30. The summed E-state index contributed by atoms with van der Waals surface area (Å²) in [7, 11) is 5.04. The third kappa shape index (κ3) is 5.65. The Morgan fingerprint density at radius 1 is 1.21 bits per heavy atom. The number of nitrogens with zero attached hydrogens (tertiary/aromatic N) is 3.